The first-order chi connectivity index (χ1) is 10.2. The Morgan fingerprint density at radius 1 is 1.00 bits per heavy atom. The van der Waals surface area contributed by atoms with E-state index in [9.17, 15) is 4.79 Å². The van der Waals surface area contributed by atoms with Crippen molar-refractivity contribution in [3.8, 4) is 0 Å². The van der Waals surface area contributed by atoms with Crippen LogP contribution in [0.1, 0.15) is 17.3 Å². The van der Waals surface area contributed by atoms with Crippen LogP contribution in [0.3, 0.4) is 0 Å². The Hall–Kier alpha value is -1.43. The van der Waals surface area contributed by atoms with Crippen molar-refractivity contribution < 1.29 is 19.0 Å². The molecule has 0 aromatic heterocycles. The predicted octanol–water partition coefficient (Wildman–Crippen LogP) is 1.83. The third-order valence-electron chi connectivity index (χ3n) is 3.00. The summed E-state index contributed by atoms with van der Waals surface area (Å²) in [5, 5.41) is 0. The van der Waals surface area contributed by atoms with Crippen LogP contribution in [-0.2, 0) is 14.2 Å². The highest BCUT2D eigenvalue weighted by molar-refractivity contribution is 5.89. The molecule has 5 heteroatoms. The summed E-state index contributed by atoms with van der Waals surface area (Å²) in [5.74, 6) is -0.321. The van der Waals surface area contributed by atoms with Crippen LogP contribution in [0.25, 0.3) is 0 Å². The van der Waals surface area contributed by atoms with E-state index in [1.165, 1.54) is 0 Å². The summed E-state index contributed by atoms with van der Waals surface area (Å²) in [6.07, 6.45) is 0. The maximum absolute atomic E-state index is 11.6. The van der Waals surface area contributed by atoms with Crippen LogP contribution in [-0.4, -0.2) is 64.0 Å². The minimum Gasteiger partial charge on any atom is -0.460 e. The number of carbonyl (C=O) groups excluding carboxylic acids is 1. The first-order valence-electron chi connectivity index (χ1n) is 7.30. The molecule has 118 valence electrons. The van der Waals surface area contributed by atoms with Gasteiger partial charge in [0.25, 0.3) is 0 Å². The topological polar surface area (TPSA) is 48.0 Å². The van der Waals surface area contributed by atoms with Gasteiger partial charge in [0, 0.05) is 6.54 Å². The summed E-state index contributed by atoms with van der Waals surface area (Å²) in [7, 11) is 2.06. The summed E-state index contributed by atoms with van der Waals surface area (Å²) in [6.45, 7) is 6.47. The molecule has 0 amide bonds. The molecule has 0 aliphatic rings. The second kappa shape index (κ2) is 11.3. The van der Waals surface area contributed by atoms with Crippen molar-refractivity contribution in [1.29, 1.82) is 0 Å². The maximum atomic E-state index is 11.6. The van der Waals surface area contributed by atoms with Gasteiger partial charge >= 0.3 is 5.97 Å². The lowest BCUT2D eigenvalue weighted by Crippen LogP contribution is -2.23. The van der Waals surface area contributed by atoms with Gasteiger partial charge in [-0.2, -0.15) is 0 Å². The molecule has 1 aromatic carbocycles. The van der Waals surface area contributed by atoms with Crippen molar-refractivity contribution in [3.05, 3.63) is 35.9 Å². The van der Waals surface area contributed by atoms with E-state index in [4.69, 9.17) is 14.2 Å². The van der Waals surface area contributed by atoms with Gasteiger partial charge in [0.2, 0.25) is 0 Å². The fraction of sp³-hybridized carbons (Fsp3) is 0.562. The average molecular weight is 295 g/mol. The van der Waals surface area contributed by atoms with E-state index in [0.29, 0.717) is 32.0 Å². The lowest BCUT2D eigenvalue weighted by atomic mass is 10.2. The number of hydrogen-bond acceptors (Lipinski definition) is 5. The fourth-order valence-electron chi connectivity index (χ4n) is 1.55. The zero-order valence-corrected chi connectivity index (χ0v) is 12.9. The Morgan fingerprint density at radius 3 is 2.29 bits per heavy atom. The molecule has 0 atom stereocenters. The number of nitrogens with zero attached hydrogens (tertiary/aromatic N) is 1. The second-order valence-corrected chi connectivity index (χ2v) is 4.62. The number of esters is 1. The van der Waals surface area contributed by atoms with Crippen molar-refractivity contribution in [2.45, 2.75) is 6.92 Å². The molecule has 0 radical (unpaired) electrons. The van der Waals surface area contributed by atoms with E-state index in [1.807, 2.05) is 6.07 Å². The maximum Gasteiger partial charge on any atom is 0.338 e. The van der Waals surface area contributed by atoms with E-state index in [-0.39, 0.29) is 12.6 Å². The van der Waals surface area contributed by atoms with Crippen molar-refractivity contribution >= 4 is 5.97 Å². The third-order valence-corrected chi connectivity index (χ3v) is 3.00. The molecule has 0 aliphatic carbocycles. The number of ether oxygens (including phenoxy) is 3. The van der Waals surface area contributed by atoms with Gasteiger partial charge in [-0.1, -0.05) is 25.1 Å². The summed E-state index contributed by atoms with van der Waals surface area (Å²) in [4.78, 5) is 13.8. The molecular weight excluding hydrogens is 270 g/mol. The van der Waals surface area contributed by atoms with Gasteiger partial charge < -0.3 is 19.1 Å². The Kier molecular flexibility index (Phi) is 9.44. The Balaban J connectivity index is 1.92. The summed E-state index contributed by atoms with van der Waals surface area (Å²) in [5.41, 5.74) is 0.556. The van der Waals surface area contributed by atoms with Gasteiger partial charge in [0.15, 0.2) is 0 Å². The zero-order valence-electron chi connectivity index (χ0n) is 12.9. The van der Waals surface area contributed by atoms with Crippen LogP contribution < -0.4 is 0 Å². The molecule has 0 saturated heterocycles. The van der Waals surface area contributed by atoms with E-state index in [2.05, 4.69) is 18.9 Å². The number of carbonyl (C=O) groups is 1. The molecule has 1 rings (SSSR count). The van der Waals surface area contributed by atoms with E-state index in [0.717, 1.165) is 13.1 Å². The van der Waals surface area contributed by atoms with Crippen molar-refractivity contribution in [2.24, 2.45) is 0 Å². The molecule has 0 bridgehead atoms. The molecule has 5 nitrogen and oxygen atoms in total. The summed E-state index contributed by atoms with van der Waals surface area (Å²) >= 11 is 0. The molecule has 0 aliphatic heterocycles. The predicted molar refractivity (Wildman–Crippen MR) is 81.5 cm³/mol. The minimum atomic E-state index is -0.321. The van der Waals surface area contributed by atoms with Crippen LogP contribution in [0.5, 0.6) is 0 Å². The van der Waals surface area contributed by atoms with Crippen LogP contribution in [0.4, 0.5) is 0 Å². The molecule has 1 aromatic rings. The normalized spacial score (nSPS) is 10.8. The Morgan fingerprint density at radius 2 is 1.62 bits per heavy atom. The molecule has 0 N–H and O–H groups in total. The lowest BCUT2D eigenvalue weighted by molar-refractivity contribution is 0.0125. The van der Waals surface area contributed by atoms with Crippen molar-refractivity contribution in [3.63, 3.8) is 0 Å². The summed E-state index contributed by atoms with van der Waals surface area (Å²) < 4.78 is 15.9. The first-order valence-corrected chi connectivity index (χ1v) is 7.30. The van der Waals surface area contributed by atoms with Gasteiger partial charge in [-0.05, 0) is 25.7 Å². The quantitative estimate of drug-likeness (QED) is 0.460. The minimum absolute atomic E-state index is 0.256. The lowest BCUT2D eigenvalue weighted by Gasteiger charge is -2.13. The van der Waals surface area contributed by atoms with Crippen molar-refractivity contribution in [2.75, 3.05) is 53.2 Å². The van der Waals surface area contributed by atoms with Crippen LogP contribution >= 0.6 is 0 Å². The van der Waals surface area contributed by atoms with Gasteiger partial charge in [-0.15, -0.1) is 0 Å². The molecular formula is C16H25NO4. The number of benzene rings is 1. The van der Waals surface area contributed by atoms with Gasteiger partial charge in [0.05, 0.1) is 32.0 Å². The van der Waals surface area contributed by atoms with E-state index >= 15 is 0 Å². The highest BCUT2D eigenvalue weighted by Crippen LogP contribution is 2.00. The van der Waals surface area contributed by atoms with Crippen molar-refractivity contribution in [1.82, 2.24) is 4.90 Å². The van der Waals surface area contributed by atoms with Gasteiger partial charge in [-0.3, -0.25) is 0 Å². The highest BCUT2D eigenvalue weighted by atomic mass is 16.6. The number of hydrogen-bond donors (Lipinski definition) is 0. The highest BCUT2D eigenvalue weighted by Gasteiger charge is 2.04. The Bertz CT molecular complexity index is 383. The van der Waals surface area contributed by atoms with Crippen LogP contribution in [0.15, 0.2) is 30.3 Å². The van der Waals surface area contributed by atoms with Crippen LogP contribution in [0.2, 0.25) is 0 Å². The number of likely N-dealkylation sites (N-methyl/N-ethyl adjacent to an activating group) is 1. The average Bonchev–Trinajstić information content (AvgIpc) is 2.53. The smallest absolute Gasteiger partial charge is 0.338 e. The molecule has 0 unspecified atom stereocenters. The largest absolute Gasteiger partial charge is 0.460 e. The third kappa shape index (κ3) is 8.45. The molecule has 0 saturated carbocycles. The molecule has 0 fully saturated rings. The van der Waals surface area contributed by atoms with Gasteiger partial charge in [0.1, 0.15) is 6.61 Å². The first kappa shape index (κ1) is 17.6. The Labute approximate surface area is 126 Å². The fourth-order valence-corrected chi connectivity index (χ4v) is 1.55. The standard InChI is InChI=1S/C16H25NO4/c1-3-17(2)9-10-19-11-12-20-13-14-21-16(18)15-7-5-4-6-8-15/h4-8H,3,9-14H2,1-2H3. The molecule has 21 heavy (non-hydrogen) atoms. The SMILES string of the molecule is CCN(C)CCOCCOCCOC(=O)c1ccccc1. The second-order valence-electron chi connectivity index (χ2n) is 4.62. The molecule has 0 spiro atoms. The molecule has 0 heterocycles. The van der Waals surface area contributed by atoms with E-state index in [1.54, 1.807) is 24.3 Å². The zero-order chi connectivity index (χ0) is 15.3. The van der Waals surface area contributed by atoms with Gasteiger partial charge in [-0.25, -0.2) is 4.79 Å². The summed E-state index contributed by atoms with van der Waals surface area (Å²) in [6, 6.07) is 8.92. The van der Waals surface area contributed by atoms with Crippen LogP contribution in [0, 0.1) is 0 Å². The number of rotatable bonds is 11. The monoisotopic (exact) mass is 295 g/mol. The van der Waals surface area contributed by atoms with E-state index < -0.39 is 0 Å².